The van der Waals surface area contributed by atoms with Crippen molar-refractivity contribution in [2.24, 2.45) is 0 Å². The number of hydrogen-bond acceptors (Lipinski definition) is 5. The monoisotopic (exact) mass is 326 g/mol. The lowest BCUT2D eigenvalue weighted by Crippen LogP contribution is -2.03. The smallest absolute Gasteiger partial charge is 0.327 e. The highest BCUT2D eigenvalue weighted by atomic mass is 32.2. The van der Waals surface area contributed by atoms with Gasteiger partial charge in [-0.2, -0.15) is 4.67 Å². The van der Waals surface area contributed by atoms with E-state index in [-0.39, 0.29) is 5.44 Å². The van der Waals surface area contributed by atoms with Gasteiger partial charge in [0.1, 0.15) is 5.44 Å². The van der Waals surface area contributed by atoms with Gasteiger partial charge < -0.3 is 9.79 Å². The summed E-state index contributed by atoms with van der Waals surface area (Å²) in [7, 11) is -2.40. The number of thioether (sulfide) groups is 1. The first-order chi connectivity index (χ1) is 9.66. The second kappa shape index (κ2) is 16.0. The van der Waals surface area contributed by atoms with E-state index in [0.29, 0.717) is 0 Å². The van der Waals surface area contributed by atoms with E-state index in [1.807, 2.05) is 6.92 Å². The SMILES string of the molecule is CCCCCCCCCCCCSC(C)OOP(O)O. The summed E-state index contributed by atoms with van der Waals surface area (Å²) in [5.41, 5.74) is -0.155. The molecule has 0 saturated heterocycles. The van der Waals surface area contributed by atoms with Gasteiger partial charge in [-0.25, -0.2) is 4.89 Å². The van der Waals surface area contributed by atoms with E-state index in [0.717, 1.165) is 5.75 Å². The second-order valence-electron chi connectivity index (χ2n) is 5.04. The summed E-state index contributed by atoms with van der Waals surface area (Å²) < 4.78 is 4.31. The van der Waals surface area contributed by atoms with E-state index >= 15 is 0 Å². The van der Waals surface area contributed by atoms with Crippen LogP contribution in [0, 0.1) is 0 Å². The van der Waals surface area contributed by atoms with E-state index in [4.69, 9.17) is 14.7 Å². The number of rotatable bonds is 15. The fourth-order valence-corrected chi connectivity index (χ4v) is 3.03. The third-order valence-electron chi connectivity index (χ3n) is 3.10. The van der Waals surface area contributed by atoms with Gasteiger partial charge in [0.05, 0.1) is 0 Å². The second-order valence-corrected chi connectivity index (χ2v) is 7.10. The van der Waals surface area contributed by atoms with Gasteiger partial charge in [-0.15, -0.1) is 11.8 Å². The highest BCUT2D eigenvalue weighted by molar-refractivity contribution is 7.99. The maximum absolute atomic E-state index is 8.53. The molecule has 1 unspecified atom stereocenters. The summed E-state index contributed by atoms with van der Waals surface area (Å²) in [6, 6.07) is 0. The Morgan fingerprint density at radius 2 is 1.40 bits per heavy atom. The predicted octanol–water partition coefficient (Wildman–Crippen LogP) is 5.15. The first-order valence-electron chi connectivity index (χ1n) is 7.79. The topological polar surface area (TPSA) is 58.9 Å². The summed E-state index contributed by atoms with van der Waals surface area (Å²) in [5, 5.41) is 0. The van der Waals surface area contributed by atoms with E-state index < -0.39 is 8.60 Å². The first kappa shape index (κ1) is 20.6. The normalized spacial score (nSPS) is 13.1. The van der Waals surface area contributed by atoms with Crippen LogP contribution in [0.15, 0.2) is 0 Å². The Balaban J connectivity index is 3.09. The Bertz CT molecular complexity index is 196. The average molecular weight is 326 g/mol. The van der Waals surface area contributed by atoms with Crippen molar-refractivity contribution in [1.29, 1.82) is 0 Å². The lowest BCUT2D eigenvalue weighted by Gasteiger charge is -2.11. The fraction of sp³-hybridized carbons (Fsp3) is 1.00. The highest BCUT2D eigenvalue weighted by Gasteiger charge is 2.07. The van der Waals surface area contributed by atoms with Crippen LogP contribution in [0.1, 0.15) is 78.1 Å². The van der Waals surface area contributed by atoms with E-state index in [1.165, 1.54) is 64.2 Å². The molecule has 0 aliphatic carbocycles. The van der Waals surface area contributed by atoms with Gasteiger partial charge in [-0.3, -0.25) is 0 Å². The van der Waals surface area contributed by atoms with Crippen molar-refractivity contribution in [3.05, 3.63) is 0 Å². The molecule has 0 rings (SSSR count). The van der Waals surface area contributed by atoms with Crippen molar-refractivity contribution in [2.45, 2.75) is 83.5 Å². The Morgan fingerprint density at radius 1 is 0.900 bits per heavy atom. The molecule has 0 aliphatic heterocycles. The molecule has 0 spiro atoms. The standard InChI is InChI=1S/C14H31O4PS/c1-3-4-5-6-7-8-9-10-11-12-13-20-14(2)17-18-19(15)16/h14-16H,3-13H2,1-2H3. The minimum Gasteiger partial charge on any atom is -0.327 e. The molecule has 0 aliphatic rings. The first-order valence-corrected chi connectivity index (χ1v) is 10.0. The lowest BCUT2D eigenvalue weighted by molar-refractivity contribution is -0.220. The van der Waals surface area contributed by atoms with Crippen molar-refractivity contribution in [3.8, 4) is 0 Å². The van der Waals surface area contributed by atoms with Crippen LogP contribution in [0.25, 0.3) is 0 Å². The van der Waals surface area contributed by atoms with Crippen LogP contribution in [0.3, 0.4) is 0 Å². The third-order valence-corrected chi connectivity index (χ3v) is 4.39. The van der Waals surface area contributed by atoms with Gasteiger partial charge in [-0.05, 0) is 19.1 Å². The van der Waals surface area contributed by atoms with E-state index in [9.17, 15) is 0 Å². The predicted molar refractivity (Wildman–Crippen MR) is 87.3 cm³/mol. The largest absolute Gasteiger partial charge is 0.357 e. The van der Waals surface area contributed by atoms with Crippen LogP contribution in [0.4, 0.5) is 0 Å². The maximum Gasteiger partial charge on any atom is 0.357 e. The molecule has 0 saturated carbocycles. The quantitative estimate of drug-likeness (QED) is 0.143. The third kappa shape index (κ3) is 16.7. The van der Waals surface area contributed by atoms with Crippen molar-refractivity contribution in [3.63, 3.8) is 0 Å². The number of hydrogen-bond donors (Lipinski definition) is 2. The molecular formula is C14H31O4PS. The van der Waals surface area contributed by atoms with E-state index in [2.05, 4.69) is 11.6 Å². The van der Waals surface area contributed by atoms with Crippen LogP contribution >= 0.6 is 20.4 Å². The molecule has 0 radical (unpaired) electrons. The molecular weight excluding hydrogens is 295 g/mol. The van der Waals surface area contributed by atoms with Gasteiger partial charge in [0.25, 0.3) is 0 Å². The molecule has 0 heterocycles. The van der Waals surface area contributed by atoms with Gasteiger partial charge in [0.2, 0.25) is 0 Å². The minimum absolute atomic E-state index is 0.155. The molecule has 2 N–H and O–H groups in total. The molecule has 0 bridgehead atoms. The van der Waals surface area contributed by atoms with Crippen molar-refractivity contribution in [2.75, 3.05) is 5.75 Å². The highest BCUT2D eigenvalue weighted by Crippen LogP contribution is 2.27. The summed E-state index contributed by atoms with van der Waals surface area (Å²) in [5.74, 6) is 1.02. The van der Waals surface area contributed by atoms with Crippen LogP contribution < -0.4 is 0 Å². The summed E-state index contributed by atoms with van der Waals surface area (Å²) in [6.07, 6.45) is 13.4. The van der Waals surface area contributed by atoms with Gasteiger partial charge in [0, 0.05) is 0 Å². The molecule has 4 nitrogen and oxygen atoms in total. The van der Waals surface area contributed by atoms with Crippen LogP contribution in [-0.2, 0) is 9.56 Å². The molecule has 0 amide bonds. The fourth-order valence-electron chi connectivity index (χ4n) is 1.97. The Kier molecular flexibility index (Phi) is 16.5. The Labute approximate surface area is 129 Å². The Hall–Kier alpha value is 0.620. The number of unbranched alkanes of at least 4 members (excludes halogenated alkanes) is 9. The van der Waals surface area contributed by atoms with Crippen LogP contribution in [0.5, 0.6) is 0 Å². The van der Waals surface area contributed by atoms with Crippen molar-refractivity contribution >= 4 is 20.4 Å². The Morgan fingerprint density at radius 3 is 1.90 bits per heavy atom. The zero-order valence-corrected chi connectivity index (χ0v) is 14.6. The molecule has 0 aromatic rings. The summed E-state index contributed by atoms with van der Waals surface area (Å²) in [6.45, 7) is 4.10. The molecule has 122 valence electrons. The zero-order valence-electron chi connectivity index (χ0n) is 12.9. The average Bonchev–Trinajstić information content (AvgIpc) is 2.42. The molecule has 0 aromatic carbocycles. The lowest BCUT2D eigenvalue weighted by atomic mass is 10.1. The van der Waals surface area contributed by atoms with Crippen LogP contribution in [0.2, 0.25) is 0 Å². The van der Waals surface area contributed by atoms with Gasteiger partial charge in [-0.1, -0.05) is 64.7 Å². The van der Waals surface area contributed by atoms with Gasteiger partial charge >= 0.3 is 8.60 Å². The zero-order chi connectivity index (χ0) is 15.1. The molecule has 6 heteroatoms. The molecule has 20 heavy (non-hydrogen) atoms. The molecule has 1 atom stereocenters. The van der Waals surface area contributed by atoms with E-state index in [1.54, 1.807) is 11.8 Å². The van der Waals surface area contributed by atoms with Crippen LogP contribution in [-0.4, -0.2) is 21.0 Å². The summed E-state index contributed by atoms with van der Waals surface area (Å²) in [4.78, 5) is 21.8. The van der Waals surface area contributed by atoms with Crippen molar-refractivity contribution in [1.82, 2.24) is 0 Å². The maximum atomic E-state index is 8.53. The summed E-state index contributed by atoms with van der Waals surface area (Å²) >= 11 is 1.64. The molecule has 0 aromatic heterocycles. The van der Waals surface area contributed by atoms with Crippen molar-refractivity contribution < 1.29 is 19.3 Å². The minimum atomic E-state index is -2.40. The van der Waals surface area contributed by atoms with Gasteiger partial charge in [0.15, 0.2) is 0 Å². The molecule has 0 fully saturated rings.